The monoisotopic (exact) mass is 238 g/mol. The van der Waals surface area contributed by atoms with Crippen LogP contribution in [0, 0.1) is 5.41 Å². The standard InChI is InChI=1S/C15H30N2/c1-3-14(13-16-2)17-11-9-15(10-12-17)7-5-4-6-8-15/h14,16H,3-13H2,1-2H3. The molecular formula is C15H30N2. The maximum absolute atomic E-state index is 3.35. The number of nitrogens with zero attached hydrogens (tertiary/aromatic N) is 1. The van der Waals surface area contributed by atoms with Crippen LogP contribution in [0.3, 0.4) is 0 Å². The summed E-state index contributed by atoms with van der Waals surface area (Å²) in [5.41, 5.74) is 0.757. The Morgan fingerprint density at radius 3 is 2.24 bits per heavy atom. The van der Waals surface area contributed by atoms with E-state index in [4.69, 9.17) is 0 Å². The topological polar surface area (TPSA) is 15.3 Å². The number of likely N-dealkylation sites (tertiary alicyclic amines) is 1. The predicted molar refractivity (Wildman–Crippen MR) is 74.3 cm³/mol. The largest absolute Gasteiger partial charge is 0.318 e. The fraction of sp³-hybridized carbons (Fsp3) is 1.00. The molecule has 1 aliphatic heterocycles. The third-order valence-corrected chi connectivity index (χ3v) is 5.20. The summed E-state index contributed by atoms with van der Waals surface area (Å²) >= 11 is 0. The van der Waals surface area contributed by atoms with E-state index in [2.05, 4.69) is 24.2 Å². The molecule has 0 aromatic carbocycles. The van der Waals surface area contributed by atoms with Crippen molar-refractivity contribution < 1.29 is 0 Å². The molecule has 2 heteroatoms. The van der Waals surface area contributed by atoms with Crippen LogP contribution in [0.25, 0.3) is 0 Å². The van der Waals surface area contributed by atoms with Crippen molar-refractivity contribution in [2.75, 3.05) is 26.7 Å². The lowest BCUT2D eigenvalue weighted by molar-refractivity contribution is 0.0443. The minimum absolute atomic E-state index is 0.757. The molecule has 1 saturated heterocycles. The molecule has 17 heavy (non-hydrogen) atoms. The van der Waals surface area contributed by atoms with Crippen LogP contribution in [-0.4, -0.2) is 37.6 Å². The zero-order chi connectivity index (χ0) is 12.1. The average Bonchev–Trinajstić information content (AvgIpc) is 2.38. The molecule has 1 N–H and O–H groups in total. The van der Waals surface area contributed by atoms with Gasteiger partial charge in [0.15, 0.2) is 0 Å². The Morgan fingerprint density at radius 1 is 1.06 bits per heavy atom. The van der Waals surface area contributed by atoms with Gasteiger partial charge in [-0.15, -0.1) is 0 Å². The fourth-order valence-corrected chi connectivity index (χ4v) is 3.93. The zero-order valence-electron chi connectivity index (χ0n) is 11.8. The van der Waals surface area contributed by atoms with Gasteiger partial charge in [-0.1, -0.05) is 26.2 Å². The Hall–Kier alpha value is -0.0800. The second kappa shape index (κ2) is 6.19. The van der Waals surface area contributed by atoms with Crippen molar-refractivity contribution in [1.29, 1.82) is 0 Å². The average molecular weight is 238 g/mol. The Kier molecular flexibility index (Phi) is 4.87. The minimum atomic E-state index is 0.757. The highest BCUT2D eigenvalue weighted by molar-refractivity contribution is 4.90. The van der Waals surface area contributed by atoms with E-state index >= 15 is 0 Å². The van der Waals surface area contributed by atoms with Crippen LogP contribution in [0.2, 0.25) is 0 Å². The third-order valence-electron chi connectivity index (χ3n) is 5.20. The number of hydrogen-bond donors (Lipinski definition) is 1. The molecular weight excluding hydrogens is 208 g/mol. The van der Waals surface area contributed by atoms with Crippen LogP contribution in [0.5, 0.6) is 0 Å². The molecule has 1 atom stereocenters. The van der Waals surface area contributed by atoms with Gasteiger partial charge >= 0.3 is 0 Å². The maximum Gasteiger partial charge on any atom is 0.0217 e. The molecule has 0 radical (unpaired) electrons. The molecule has 1 heterocycles. The van der Waals surface area contributed by atoms with Crippen LogP contribution in [-0.2, 0) is 0 Å². The molecule has 0 aromatic heterocycles. The van der Waals surface area contributed by atoms with Crippen molar-refractivity contribution >= 4 is 0 Å². The van der Waals surface area contributed by atoms with Gasteiger partial charge in [0.2, 0.25) is 0 Å². The van der Waals surface area contributed by atoms with Gasteiger partial charge < -0.3 is 5.32 Å². The summed E-state index contributed by atoms with van der Waals surface area (Å²) in [6.07, 6.45) is 11.7. The summed E-state index contributed by atoms with van der Waals surface area (Å²) in [4.78, 5) is 2.73. The van der Waals surface area contributed by atoms with E-state index in [0.29, 0.717) is 0 Å². The van der Waals surface area contributed by atoms with E-state index in [1.165, 1.54) is 64.5 Å². The molecule has 1 spiro atoms. The number of rotatable bonds is 4. The van der Waals surface area contributed by atoms with Gasteiger partial charge in [0.05, 0.1) is 0 Å². The van der Waals surface area contributed by atoms with E-state index < -0.39 is 0 Å². The fourth-order valence-electron chi connectivity index (χ4n) is 3.93. The summed E-state index contributed by atoms with van der Waals surface area (Å²) < 4.78 is 0. The molecule has 1 saturated carbocycles. The van der Waals surface area contributed by atoms with Crippen molar-refractivity contribution in [2.24, 2.45) is 5.41 Å². The Bertz CT molecular complexity index is 211. The lowest BCUT2D eigenvalue weighted by Crippen LogP contribution is -2.48. The van der Waals surface area contributed by atoms with Gasteiger partial charge in [-0.25, -0.2) is 0 Å². The second-order valence-corrected chi connectivity index (χ2v) is 6.22. The van der Waals surface area contributed by atoms with E-state index in [1.807, 2.05) is 0 Å². The van der Waals surface area contributed by atoms with E-state index in [0.717, 1.165) is 18.0 Å². The van der Waals surface area contributed by atoms with Gasteiger partial charge in [0.1, 0.15) is 0 Å². The van der Waals surface area contributed by atoms with E-state index in [1.54, 1.807) is 0 Å². The summed E-state index contributed by atoms with van der Waals surface area (Å²) in [5.74, 6) is 0. The maximum atomic E-state index is 3.35. The molecule has 2 aliphatic rings. The van der Waals surface area contributed by atoms with Gasteiger partial charge in [0, 0.05) is 12.6 Å². The summed E-state index contributed by atoms with van der Waals surface area (Å²) in [6, 6.07) is 0.765. The Morgan fingerprint density at radius 2 is 1.71 bits per heavy atom. The summed E-state index contributed by atoms with van der Waals surface area (Å²) in [6.45, 7) is 6.18. The van der Waals surface area contributed by atoms with Crippen molar-refractivity contribution in [3.63, 3.8) is 0 Å². The van der Waals surface area contributed by atoms with Crippen LogP contribution in [0.15, 0.2) is 0 Å². The molecule has 2 fully saturated rings. The first-order chi connectivity index (χ1) is 8.29. The molecule has 0 aromatic rings. The Labute approximate surface area is 107 Å². The van der Waals surface area contributed by atoms with Gasteiger partial charge in [-0.05, 0) is 57.7 Å². The first-order valence-corrected chi connectivity index (χ1v) is 7.68. The highest BCUT2D eigenvalue weighted by Crippen LogP contribution is 2.44. The van der Waals surface area contributed by atoms with Crippen LogP contribution >= 0.6 is 0 Å². The van der Waals surface area contributed by atoms with Crippen molar-refractivity contribution in [1.82, 2.24) is 10.2 Å². The van der Waals surface area contributed by atoms with Gasteiger partial charge in [0.25, 0.3) is 0 Å². The third kappa shape index (κ3) is 3.23. The smallest absolute Gasteiger partial charge is 0.0217 e. The molecule has 0 amide bonds. The highest BCUT2D eigenvalue weighted by Gasteiger charge is 2.36. The number of piperidine rings is 1. The lowest BCUT2D eigenvalue weighted by atomic mass is 9.68. The zero-order valence-corrected chi connectivity index (χ0v) is 11.8. The minimum Gasteiger partial charge on any atom is -0.318 e. The van der Waals surface area contributed by atoms with Crippen molar-refractivity contribution in [2.45, 2.75) is 64.3 Å². The second-order valence-electron chi connectivity index (χ2n) is 6.22. The molecule has 1 unspecified atom stereocenters. The highest BCUT2D eigenvalue weighted by atomic mass is 15.2. The Balaban J connectivity index is 1.83. The molecule has 0 bridgehead atoms. The van der Waals surface area contributed by atoms with Crippen molar-refractivity contribution in [3.05, 3.63) is 0 Å². The van der Waals surface area contributed by atoms with Crippen LogP contribution < -0.4 is 5.32 Å². The first-order valence-electron chi connectivity index (χ1n) is 7.68. The first kappa shape index (κ1) is 13.4. The van der Waals surface area contributed by atoms with Crippen LogP contribution in [0.4, 0.5) is 0 Å². The summed E-state index contributed by atoms with van der Waals surface area (Å²) in [5, 5.41) is 3.35. The van der Waals surface area contributed by atoms with Crippen molar-refractivity contribution in [3.8, 4) is 0 Å². The predicted octanol–water partition coefficient (Wildman–Crippen LogP) is 3.03. The van der Waals surface area contributed by atoms with E-state index in [9.17, 15) is 0 Å². The van der Waals surface area contributed by atoms with Gasteiger partial charge in [-0.3, -0.25) is 4.90 Å². The van der Waals surface area contributed by atoms with Crippen LogP contribution in [0.1, 0.15) is 58.3 Å². The normalized spacial score (nSPS) is 27.2. The number of likely N-dealkylation sites (N-methyl/N-ethyl adjacent to an activating group) is 1. The molecule has 1 aliphatic carbocycles. The molecule has 100 valence electrons. The molecule has 2 rings (SSSR count). The quantitative estimate of drug-likeness (QED) is 0.810. The lowest BCUT2D eigenvalue weighted by Gasteiger charge is -2.46. The SMILES string of the molecule is CCC(CNC)N1CCC2(CCCCC2)CC1. The summed E-state index contributed by atoms with van der Waals surface area (Å²) in [7, 11) is 2.08. The molecule has 2 nitrogen and oxygen atoms in total. The van der Waals surface area contributed by atoms with Gasteiger partial charge in [-0.2, -0.15) is 0 Å². The number of hydrogen-bond acceptors (Lipinski definition) is 2. The van der Waals surface area contributed by atoms with E-state index in [-0.39, 0.29) is 0 Å². The number of nitrogens with one attached hydrogen (secondary N) is 1.